The molecule has 0 atom stereocenters. The molecule has 0 amide bonds. The highest BCUT2D eigenvalue weighted by Crippen LogP contribution is 2.15. The lowest BCUT2D eigenvalue weighted by molar-refractivity contribution is 0.584. The molecule has 106 valence electrons. The fourth-order valence-electron chi connectivity index (χ4n) is 1.48. The largest absolute Gasteiger partial charge is 0.276 e. The molecule has 0 bridgehead atoms. The number of hydrogen-bond acceptors (Lipinski definition) is 4. The molecule has 0 spiro atoms. The number of sulfonamides is 1. The Balaban J connectivity index is 2.07. The zero-order valence-electron chi connectivity index (χ0n) is 10.7. The Bertz CT molecular complexity index is 706. The Morgan fingerprint density at radius 2 is 1.95 bits per heavy atom. The molecule has 0 aliphatic rings. The van der Waals surface area contributed by atoms with Gasteiger partial charge in [0.15, 0.2) is 0 Å². The summed E-state index contributed by atoms with van der Waals surface area (Å²) in [6, 6.07) is 9.81. The number of nitrogens with one attached hydrogen (secondary N) is 1. The first-order valence-electron chi connectivity index (χ1n) is 5.90. The zero-order chi connectivity index (χ0) is 14.6. The van der Waals surface area contributed by atoms with Gasteiger partial charge >= 0.3 is 0 Å². The van der Waals surface area contributed by atoms with E-state index >= 15 is 0 Å². The van der Waals surface area contributed by atoms with Gasteiger partial charge < -0.3 is 0 Å². The summed E-state index contributed by atoms with van der Waals surface area (Å²) in [5, 5.41) is 4.26. The SMILES string of the molecule is CCc1ccc(C=NNS(=O)(=O)c2ccc(Cl)cc2)s1. The highest BCUT2D eigenvalue weighted by atomic mass is 35.5. The van der Waals surface area contributed by atoms with Crippen molar-refractivity contribution in [1.82, 2.24) is 4.83 Å². The monoisotopic (exact) mass is 328 g/mol. The van der Waals surface area contributed by atoms with Crippen molar-refractivity contribution >= 4 is 39.2 Å². The summed E-state index contributed by atoms with van der Waals surface area (Å²) in [5.41, 5.74) is 0. The van der Waals surface area contributed by atoms with Crippen LogP contribution in [0.3, 0.4) is 0 Å². The number of hydrogen-bond donors (Lipinski definition) is 1. The van der Waals surface area contributed by atoms with E-state index in [0.717, 1.165) is 11.3 Å². The third-order valence-corrected chi connectivity index (χ3v) is 5.17. The predicted molar refractivity (Wildman–Crippen MR) is 83.1 cm³/mol. The Morgan fingerprint density at radius 1 is 1.25 bits per heavy atom. The van der Waals surface area contributed by atoms with Crippen molar-refractivity contribution < 1.29 is 8.42 Å². The first-order valence-corrected chi connectivity index (χ1v) is 8.58. The van der Waals surface area contributed by atoms with Gasteiger partial charge in [-0.2, -0.15) is 13.5 Å². The second-order valence-corrected chi connectivity index (χ2v) is 7.26. The molecule has 0 fully saturated rings. The van der Waals surface area contributed by atoms with Crippen molar-refractivity contribution in [3.05, 3.63) is 51.2 Å². The molecule has 4 nitrogen and oxygen atoms in total. The summed E-state index contributed by atoms with van der Waals surface area (Å²) in [6.45, 7) is 2.07. The molecule has 20 heavy (non-hydrogen) atoms. The summed E-state index contributed by atoms with van der Waals surface area (Å²) in [4.78, 5) is 4.43. The normalized spacial score (nSPS) is 11.9. The molecule has 0 aliphatic carbocycles. The van der Waals surface area contributed by atoms with Gasteiger partial charge in [-0.1, -0.05) is 18.5 Å². The third kappa shape index (κ3) is 3.82. The zero-order valence-corrected chi connectivity index (χ0v) is 13.1. The number of aryl methyl sites for hydroxylation is 1. The van der Waals surface area contributed by atoms with Crippen molar-refractivity contribution in [1.29, 1.82) is 0 Å². The van der Waals surface area contributed by atoms with Crippen molar-refractivity contribution in [3.8, 4) is 0 Å². The summed E-state index contributed by atoms with van der Waals surface area (Å²) < 4.78 is 23.9. The van der Waals surface area contributed by atoms with E-state index in [1.165, 1.54) is 35.4 Å². The minimum Gasteiger partial charge on any atom is -0.200 e. The van der Waals surface area contributed by atoms with Gasteiger partial charge in [0, 0.05) is 14.8 Å². The summed E-state index contributed by atoms with van der Waals surface area (Å²) in [7, 11) is -3.65. The Hall–Kier alpha value is -1.37. The van der Waals surface area contributed by atoms with E-state index in [2.05, 4.69) is 16.9 Å². The van der Waals surface area contributed by atoms with Gasteiger partial charge in [0.2, 0.25) is 0 Å². The molecule has 0 unspecified atom stereocenters. The van der Waals surface area contributed by atoms with Crippen molar-refractivity contribution in [2.24, 2.45) is 5.10 Å². The van der Waals surface area contributed by atoms with Crippen LogP contribution < -0.4 is 4.83 Å². The molecule has 1 aromatic carbocycles. The molecule has 2 rings (SSSR count). The van der Waals surface area contributed by atoms with E-state index in [1.54, 1.807) is 11.3 Å². The fraction of sp³-hybridized carbons (Fsp3) is 0.154. The van der Waals surface area contributed by atoms with E-state index in [9.17, 15) is 8.42 Å². The number of halogens is 1. The van der Waals surface area contributed by atoms with Crippen molar-refractivity contribution in [2.75, 3.05) is 0 Å². The summed E-state index contributed by atoms with van der Waals surface area (Å²) in [5.74, 6) is 0. The maximum atomic E-state index is 11.9. The van der Waals surface area contributed by atoms with E-state index in [0.29, 0.717) is 5.02 Å². The number of rotatable bonds is 5. The van der Waals surface area contributed by atoms with Crippen LogP contribution in [-0.2, 0) is 16.4 Å². The topological polar surface area (TPSA) is 58.5 Å². The standard InChI is InChI=1S/C13H13ClN2O2S2/c1-2-11-5-6-12(19-11)9-15-16-20(17,18)13-7-3-10(14)4-8-13/h3-9,16H,2H2,1H3. The number of thiophene rings is 1. The average Bonchev–Trinajstić information content (AvgIpc) is 2.87. The lowest BCUT2D eigenvalue weighted by Gasteiger charge is -2.02. The quantitative estimate of drug-likeness (QED) is 0.676. The van der Waals surface area contributed by atoms with E-state index < -0.39 is 10.0 Å². The molecule has 7 heteroatoms. The van der Waals surface area contributed by atoms with Crippen LogP contribution in [-0.4, -0.2) is 14.6 Å². The maximum Gasteiger partial charge on any atom is 0.276 e. The van der Waals surface area contributed by atoms with Gasteiger partial charge in [0.25, 0.3) is 10.0 Å². The fourth-order valence-corrected chi connectivity index (χ4v) is 3.22. The molecular weight excluding hydrogens is 316 g/mol. The smallest absolute Gasteiger partial charge is 0.200 e. The van der Waals surface area contributed by atoms with Crippen molar-refractivity contribution in [2.45, 2.75) is 18.2 Å². The van der Waals surface area contributed by atoms with Crippen molar-refractivity contribution in [3.63, 3.8) is 0 Å². The van der Waals surface area contributed by atoms with Gasteiger partial charge in [0.1, 0.15) is 0 Å². The Kier molecular flexibility index (Phi) is 4.80. The van der Waals surface area contributed by atoms with Crippen LogP contribution in [0.15, 0.2) is 46.4 Å². The molecule has 1 N–H and O–H groups in total. The Morgan fingerprint density at radius 3 is 2.55 bits per heavy atom. The predicted octanol–water partition coefficient (Wildman–Crippen LogP) is 3.28. The van der Waals surface area contributed by atoms with Crippen LogP contribution in [0.2, 0.25) is 5.02 Å². The third-order valence-electron chi connectivity index (χ3n) is 2.52. The highest BCUT2D eigenvalue weighted by Gasteiger charge is 2.11. The lowest BCUT2D eigenvalue weighted by atomic mass is 10.4. The molecule has 0 saturated heterocycles. The van der Waals surface area contributed by atoms with Gasteiger partial charge in [-0.15, -0.1) is 11.3 Å². The Labute approximate surface area is 127 Å². The molecular formula is C13H13ClN2O2S2. The van der Waals surface area contributed by atoms with Gasteiger partial charge in [-0.3, -0.25) is 0 Å². The van der Waals surface area contributed by atoms with Crippen LogP contribution in [0.4, 0.5) is 0 Å². The number of benzene rings is 1. The van der Waals surface area contributed by atoms with E-state index in [4.69, 9.17) is 11.6 Å². The number of hydrazone groups is 1. The molecule has 1 aromatic heterocycles. The van der Waals surface area contributed by atoms with Crippen LogP contribution in [0, 0.1) is 0 Å². The highest BCUT2D eigenvalue weighted by molar-refractivity contribution is 7.89. The van der Waals surface area contributed by atoms with E-state index in [-0.39, 0.29) is 4.90 Å². The maximum absolute atomic E-state index is 11.9. The molecule has 0 radical (unpaired) electrons. The minimum atomic E-state index is -3.65. The van der Waals surface area contributed by atoms with Gasteiger partial charge in [-0.05, 0) is 42.8 Å². The van der Waals surface area contributed by atoms with Gasteiger partial charge in [0.05, 0.1) is 11.1 Å². The second kappa shape index (κ2) is 6.39. The number of nitrogens with zero attached hydrogens (tertiary/aromatic N) is 1. The molecule has 0 aliphatic heterocycles. The van der Waals surface area contributed by atoms with Gasteiger partial charge in [-0.25, -0.2) is 4.83 Å². The van der Waals surface area contributed by atoms with Crippen LogP contribution in [0.5, 0.6) is 0 Å². The minimum absolute atomic E-state index is 0.125. The second-order valence-electron chi connectivity index (χ2n) is 3.96. The van der Waals surface area contributed by atoms with Crippen LogP contribution in [0.1, 0.15) is 16.7 Å². The molecule has 1 heterocycles. The van der Waals surface area contributed by atoms with Crippen LogP contribution in [0.25, 0.3) is 0 Å². The first kappa shape index (κ1) is 15.0. The lowest BCUT2D eigenvalue weighted by Crippen LogP contribution is -2.18. The summed E-state index contributed by atoms with van der Waals surface area (Å²) >= 11 is 7.30. The first-order chi connectivity index (χ1) is 9.51. The molecule has 0 saturated carbocycles. The van der Waals surface area contributed by atoms with E-state index in [1.807, 2.05) is 12.1 Å². The molecule has 2 aromatic rings. The average molecular weight is 329 g/mol. The van der Waals surface area contributed by atoms with Crippen LogP contribution >= 0.6 is 22.9 Å². The summed E-state index contributed by atoms with van der Waals surface area (Å²) in [6.07, 6.45) is 2.45.